The Kier molecular flexibility index (Phi) is 3.14. The third kappa shape index (κ3) is 2.12. The Labute approximate surface area is 78.0 Å². The van der Waals surface area contributed by atoms with Crippen molar-refractivity contribution in [3.05, 3.63) is 23.3 Å². The molecule has 1 aromatic carbocycles. The van der Waals surface area contributed by atoms with Gasteiger partial charge in [0.15, 0.2) is 0 Å². The average Bonchev–Trinajstić information content (AvgIpc) is 2.13. The molecular formula is C10H15NO2. The van der Waals surface area contributed by atoms with Crippen LogP contribution in [-0.2, 0) is 0 Å². The van der Waals surface area contributed by atoms with Crippen LogP contribution in [0.2, 0.25) is 0 Å². The first kappa shape index (κ1) is 9.86. The topological polar surface area (TPSA) is 52.5 Å². The summed E-state index contributed by atoms with van der Waals surface area (Å²) in [5.74, 6) is 0.322. The normalized spacial score (nSPS) is 10.1. The van der Waals surface area contributed by atoms with Gasteiger partial charge in [-0.2, -0.15) is 0 Å². The fourth-order valence-electron chi connectivity index (χ4n) is 1.22. The summed E-state index contributed by atoms with van der Waals surface area (Å²) in [6.07, 6.45) is 0. The molecule has 0 spiro atoms. The van der Waals surface area contributed by atoms with Crippen LogP contribution in [0.25, 0.3) is 0 Å². The molecule has 0 aliphatic carbocycles. The van der Waals surface area contributed by atoms with Crippen molar-refractivity contribution in [2.24, 2.45) is 0 Å². The molecule has 1 aromatic rings. The number of aryl methyl sites for hydroxylation is 1. The molecule has 1 rings (SSSR count). The zero-order chi connectivity index (χ0) is 9.84. The lowest BCUT2D eigenvalue weighted by Crippen LogP contribution is -2.06. The lowest BCUT2D eigenvalue weighted by molar-refractivity contribution is 0.311. The summed E-state index contributed by atoms with van der Waals surface area (Å²) in [6.45, 7) is 4.30. The van der Waals surface area contributed by atoms with Crippen molar-refractivity contribution in [3.63, 3.8) is 0 Å². The van der Waals surface area contributed by atoms with Crippen LogP contribution in [0.4, 0.5) is 5.69 Å². The largest absolute Gasteiger partial charge is 0.507 e. The maximum absolute atomic E-state index is 9.58. The number of hydrogen-bond acceptors (Lipinski definition) is 3. The summed E-state index contributed by atoms with van der Waals surface area (Å²) in [4.78, 5) is 0. The van der Waals surface area contributed by atoms with Crippen LogP contribution >= 0.6 is 0 Å². The highest BCUT2D eigenvalue weighted by molar-refractivity contribution is 5.58. The lowest BCUT2D eigenvalue weighted by Gasteiger charge is -2.10. The van der Waals surface area contributed by atoms with Crippen LogP contribution in [0.1, 0.15) is 11.1 Å². The predicted molar refractivity (Wildman–Crippen MR) is 53.2 cm³/mol. The van der Waals surface area contributed by atoms with Crippen LogP contribution in [-0.4, -0.2) is 23.4 Å². The average molecular weight is 181 g/mol. The molecule has 0 unspecified atom stereocenters. The zero-order valence-corrected chi connectivity index (χ0v) is 7.96. The number of anilines is 1. The van der Waals surface area contributed by atoms with Gasteiger partial charge in [0.05, 0.1) is 6.61 Å². The van der Waals surface area contributed by atoms with Crippen LogP contribution in [0.15, 0.2) is 12.1 Å². The summed E-state index contributed by atoms with van der Waals surface area (Å²) in [5, 5.41) is 21.2. The van der Waals surface area contributed by atoms with Crippen molar-refractivity contribution >= 4 is 5.69 Å². The molecule has 3 heteroatoms. The van der Waals surface area contributed by atoms with Gasteiger partial charge in [0.2, 0.25) is 0 Å². The van der Waals surface area contributed by atoms with Crippen LogP contribution in [0.3, 0.4) is 0 Å². The fourth-order valence-corrected chi connectivity index (χ4v) is 1.22. The molecule has 13 heavy (non-hydrogen) atoms. The molecule has 0 fully saturated rings. The molecule has 0 saturated heterocycles. The van der Waals surface area contributed by atoms with Crippen molar-refractivity contribution in [2.45, 2.75) is 13.8 Å². The molecule has 0 amide bonds. The number of nitrogens with one attached hydrogen (secondary N) is 1. The van der Waals surface area contributed by atoms with Crippen molar-refractivity contribution in [3.8, 4) is 5.75 Å². The quantitative estimate of drug-likeness (QED) is 0.661. The maximum atomic E-state index is 9.58. The van der Waals surface area contributed by atoms with Gasteiger partial charge < -0.3 is 15.5 Å². The van der Waals surface area contributed by atoms with E-state index in [2.05, 4.69) is 5.32 Å². The van der Waals surface area contributed by atoms with E-state index in [-0.39, 0.29) is 6.61 Å². The number of aliphatic hydroxyl groups is 1. The zero-order valence-electron chi connectivity index (χ0n) is 7.96. The minimum Gasteiger partial charge on any atom is -0.507 e. The molecule has 0 aliphatic heterocycles. The van der Waals surface area contributed by atoms with Crippen molar-refractivity contribution in [1.29, 1.82) is 0 Å². The highest BCUT2D eigenvalue weighted by atomic mass is 16.3. The smallest absolute Gasteiger partial charge is 0.123 e. The second-order valence-corrected chi connectivity index (χ2v) is 3.05. The molecule has 0 heterocycles. The van der Waals surface area contributed by atoms with E-state index in [1.165, 1.54) is 0 Å². The summed E-state index contributed by atoms with van der Waals surface area (Å²) in [5.41, 5.74) is 2.57. The van der Waals surface area contributed by atoms with Crippen molar-refractivity contribution in [1.82, 2.24) is 0 Å². The lowest BCUT2D eigenvalue weighted by atomic mass is 10.1. The van der Waals surface area contributed by atoms with E-state index in [0.717, 1.165) is 16.8 Å². The van der Waals surface area contributed by atoms with Gasteiger partial charge in [-0.15, -0.1) is 0 Å². The van der Waals surface area contributed by atoms with Crippen molar-refractivity contribution in [2.75, 3.05) is 18.5 Å². The molecule has 72 valence electrons. The first-order chi connectivity index (χ1) is 6.16. The Balaban J connectivity index is 2.90. The van der Waals surface area contributed by atoms with Gasteiger partial charge in [0.25, 0.3) is 0 Å². The molecule has 0 aromatic heterocycles. The predicted octanol–water partition coefficient (Wildman–Crippen LogP) is 1.41. The highest BCUT2D eigenvalue weighted by Crippen LogP contribution is 2.27. The Morgan fingerprint density at radius 3 is 2.62 bits per heavy atom. The summed E-state index contributed by atoms with van der Waals surface area (Å²) in [7, 11) is 0. The minimum atomic E-state index is 0.0913. The fraction of sp³-hybridized carbons (Fsp3) is 0.400. The number of phenolic OH excluding ortho intramolecular Hbond substituents is 1. The standard InChI is InChI=1S/C10H15NO2/c1-7-3-4-9(11-5-6-12)8(2)10(7)13/h3-4,11-13H,5-6H2,1-2H3. The van der Waals surface area contributed by atoms with Gasteiger partial charge in [-0.05, 0) is 25.5 Å². The number of benzene rings is 1. The third-order valence-corrected chi connectivity index (χ3v) is 2.06. The Morgan fingerprint density at radius 2 is 2.00 bits per heavy atom. The van der Waals surface area contributed by atoms with E-state index >= 15 is 0 Å². The number of rotatable bonds is 3. The second kappa shape index (κ2) is 4.14. The van der Waals surface area contributed by atoms with Gasteiger partial charge in [-0.1, -0.05) is 6.07 Å². The molecule has 0 radical (unpaired) electrons. The molecule has 0 aliphatic rings. The van der Waals surface area contributed by atoms with E-state index in [9.17, 15) is 5.11 Å². The Morgan fingerprint density at radius 1 is 1.31 bits per heavy atom. The summed E-state index contributed by atoms with van der Waals surface area (Å²) < 4.78 is 0. The number of aliphatic hydroxyl groups excluding tert-OH is 1. The number of hydrogen-bond donors (Lipinski definition) is 3. The second-order valence-electron chi connectivity index (χ2n) is 3.05. The van der Waals surface area contributed by atoms with Gasteiger partial charge in [-0.3, -0.25) is 0 Å². The number of phenols is 1. The van der Waals surface area contributed by atoms with E-state index in [1.54, 1.807) is 0 Å². The molecule has 0 saturated carbocycles. The van der Waals surface area contributed by atoms with Gasteiger partial charge in [-0.25, -0.2) is 0 Å². The van der Waals surface area contributed by atoms with Crippen LogP contribution in [0, 0.1) is 13.8 Å². The van der Waals surface area contributed by atoms with Crippen LogP contribution in [0.5, 0.6) is 5.75 Å². The van der Waals surface area contributed by atoms with E-state index in [1.807, 2.05) is 26.0 Å². The van der Waals surface area contributed by atoms with E-state index in [0.29, 0.717) is 12.3 Å². The molecule has 3 nitrogen and oxygen atoms in total. The minimum absolute atomic E-state index is 0.0913. The van der Waals surface area contributed by atoms with Gasteiger partial charge in [0.1, 0.15) is 5.75 Å². The Hall–Kier alpha value is -1.22. The first-order valence-electron chi connectivity index (χ1n) is 4.30. The molecule has 0 atom stereocenters. The molecule has 3 N–H and O–H groups in total. The van der Waals surface area contributed by atoms with Crippen molar-refractivity contribution < 1.29 is 10.2 Å². The molecule has 0 bridgehead atoms. The maximum Gasteiger partial charge on any atom is 0.123 e. The Bertz CT molecular complexity index is 297. The SMILES string of the molecule is Cc1ccc(NCCO)c(C)c1O. The van der Waals surface area contributed by atoms with E-state index in [4.69, 9.17) is 5.11 Å². The van der Waals surface area contributed by atoms with Crippen LogP contribution < -0.4 is 5.32 Å². The van der Waals surface area contributed by atoms with Gasteiger partial charge in [0, 0.05) is 17.8 Å². The highest BCUT2D eigenvalue weighted by Gasteiger charge is 2.04. The summed E-state index contributed by atoms with van der Waals surface area (Å²) in [6, 6.07) is 3.75. The monoisotopic (exact) mass is 181 g/mol. The number of aromatic hydroxyl groups is 1. The summed E-state index contributed by atoms with van der Waals surface area (Å²) >= 11 is 0. The van der Waals surface area contributed by atoms with Gasteiger partial charge >= 0.3 is 0 Å². The molecular weight excluding hydrogens is 166 g/mol. The van der Waals surface area contributed by atoms with E-state index < -0.39 is 0 Å². The third-order valence-electron chi connectivity index (χ3n) is 2.06. The first-order valence-corrected chi connectivity index (χ1v) is 4.30.